The maximum absolute atomic E-state index is 12.4. The topological polar surface area (TPSA) is 89.4 Å². The van der Waals surface area contributed by atoms with Crippen LogP contribution in [-0.2, 0) is 11.2 Å². The minimum Gasteiger partial charge on any atom is -0.478 e. The molecule has 1 heterocycles. The maximum Gasteiger partial charge on any atom is 0.339 e. The number of nitrogens with zero attached hydrogens (tertiary/aromatic N) is 2. The lowest BCUT2D eigenvalue weighted by Gasteiger charge is -2.12. The Morgan fingerprint density at radius 1 is 0.794 bits per heavy atom. The molecule has 1 aromatic carbocycles. The highest BCUT2D eigenvalue weighted by Crippen LogP contribution is 2.20. The van der Waals surface area contributed by atoms with Crippen molar-refractivity contribution in [2.45, 2.75) is 97.3 Å². The molecule has 1 aromatic heterocycles. The molecule has 6 heteroatoms. The molecule has 0 radical (unpaired) electrons. The van der Waals surface area contributed by atoms with Crippen LogP contribution < -0.4 is 0 Å². The van der Waals surface area contributed by atoms with E-state index in [2.05, 4.69) is 23.8 Å². The summed E-state index contributed by atoms with van der Waals surface area (Å²) >= 11 is 0. The van der Waals surface area contributed by atoms with E-state index in [9.17, 15) is 14.7 Å². The fourth-order valence-electron chi connectivity index (χ4n) is 3.71. The monoisotopic (exact) mass is 470 g/mol. The van der Waals surface area contributed by atoms with Gasteiger partial charge < -0.3 is 9.84 Å². The first-order valence-electron chi connectivity index (χ1n) is 12.8. The predicted octanol–water partition coefficient (Wildman–Crippen LogP) is 7.28. The van der Waals surface area contributed by atoms with E-state index in [-0.39, 0.29) is 11.1 Å². The van der Waals surface area contributed by atoms with Gasteiger partial charge in [-0.25, -0.2) is 19.6 Å². The fraction of sp³-hybridized carbons (Fsp3) is 0.571. The van der Waals surface area contributed by atoms with Gasteiger partial charge in [0.15, 0.2) is 0 Å². The first-order chi connectivity index (χ1) is 16.6. The number of ether oxygens (including phenoxy) is 1. The largest absolute Gasteiger partial charge is 0.478 e. The molecule has 0 bridgehead atoms. The van der Waals surface area contributed by atoms with Gasteiger partial charge in [0.2, 0.25) is 0 Å². The summed E-state index contributed by atoms with van der Waals surface area (Å²) in [5, 5.41) is 9.65. The summed E-state index contributed by atoms with van der Waals surface area (Å²) in [6.45, 7) is 4.73. The Morgan fingerprint density at radius 3 is 1.91 bits per heavy atom. The average Bonchev–Trinajstić information content (AvgIpc) is 2.86. The molecule has 2 rings (SSSR count). The van der Waals surface area contributed by atoms with Crippen LogP contribution in [0.5, 0.6) is 0 Å². The number of hydrogen-bond acceptors (Lipinski definition) is 5. The zero-order valence-corrected chi connectivity index (χ0v) is 21.0. The number of aryl methyl sites for hydroxylation is 1. The van der Waals surface area contributed by atoms with E-state index >= 15 is 0 Å². The van der Waals surface area contributed by atoms with E-state index in [0.717, 1.165) is 37.7 Å². The first-order valence-corrected chi connectivity index (χ1v) is 12.8. The SMILES string of the molecule is CCCCCCCCOC(=O)c1cccc(CCCCCCCC)c1C(=O)O.c1cncnc1. The van der Waals surface area contributed by atoms with Gasteiger partial charge in [-0.15, -0.1) is 0 Å². The summed E-state index contributed by atoms with van der Waals surface area (Å²) in [6.07, 6.45) is 19.2. The van der Waals surface area contributed by atoms with Gasteiger partial charge in [0.1, 0.15) is 6.33 Å². The van der Waals surface area contributed by atoms with Crippen LogP contribution in [-0.4, -0.2) is 33.6 Å². The van der Waals surface area contributed by atoms with Crippen molar-refractivity contribution >= 4 is 11.9 Å². The molecule has 0 saturated carbocycles. The summed E-state index contributed by atoms with van der Waals surface area (Å²) in [4.78, 5) is 31.6. The van der Waals surface area contributed by atoms with E-state index in [0.29, 0.717) is 13.0 Å². The molecule has 0 aliphatic carbocycles. The Kier molecular flexibility index (Phi) is 16.9. The highest BCUT2D eigenvalue weighted by atomic mass is 16.5. The van der Waals surface area contributed by atoms with Crippen molar-refractivity contribution < 1.29 is 19.4 Å². The molecule has 1 N–H and O–H groups in total. The highest BCUT2D eigenvalue weighted by Gasteiger charge is 2.21. The summed E-state index contributed by atoms with van der Waals surface area (Å²) in [5.74, 6) is -1.57. The Morgan fingerprint density at radius 2 is 1.38 bits per heavy atom. The molecule has 0 aliphatic rings. The molecular weight excluding hydrogens is 428 g/mol. The minimum absolute atomic E-state index is 0.115. The molecule has 2 aromatic rings. The quantitative estimate of drug-likeness (QED) is 0.205. The lowest BCUT2D eigenvalue weighted by Crippen LogP contribution is -2.15. The van der Waals surface area contributed by atoms with Crippen LogP contribution in [0.3, 0.4) is 0 Å². The molecule has 6 nitrogen and oxygen atoms in total. The van der Waals surface area contributed by atoms with E-state index in [1.54, 1.807) is 30.6 Å². The van der Waals surface area contributed by atoms with Crippen molar-refractivity contribution in [2.75, 3.05) is 6.61 Å². The van der Waals surface area contributed by atoms with Crippen LogP contribution in [0.4, 0.5) is 0 Å². The van der Waals surface area contributed by atoms with Gasteiger partial charge in [0.25, 0.3) is 0 Å². The van der Waals surface area contributed by atoms with Crippen LogP contribution >= 0.6 is 0 Å². The lowest BCUT2D eigenvalue weighted by molar-refractivity contribution is 0.0487. The van der Waals surface area contributed by atoms with Crippen LogP contribution in [0.25, 0.3) is 0 Å². The van der Waals surface area contributed by atoms with Crippen LogP contribution in [0.1, 0.15) is 117 Å². The molecule has 0 saturated heterocycles. The number of esters is 1. The number of rotatable bonds is 16. The smallest absolute Gasteiger partial charge is 0.339 e. The molecular formula is C28H42N2O4. The van der Waals surface area contributed by atoms with Gasteiger partial charge in [-0.05, 0) is 37.0 Å². The Balaban J connectivity index is 0.000000830. The molecule has 188 valence electrons. The number of aromatic carboxylic acids is 1. The second-order valence-corrected chi connectivity index (χ2v) is 8.47. The van der Waals surface area contributed by atoms with Crippen molar-refractivity contribution in [1.82, 2.24) is 9.97 Å². The summed E-state index contributed by atoms with van der Waals surface area (Å²) < 4.78 is 5.35. The number of hydrogen-bond donors (Lipinski definition) is 1. The Labute approximate surface area is 205 Å². The van der Waals surface area contributed by atoms with Gasteiger partial charge >= 0.3 is 11.9 Å². The van der Waals surface area contributed by atoms with Crippen LogP contribution in [0.15, 0.2) is 43.0 Å². The third-order valence-corrected chi connectivity index (χ3v) is 5.59. The normalized spacial score (nSPS) is 10.3. The van der Waals surface area contributed by atoms with Gasteiger partial charge in [-0.2, -0.15) is 0 Å². The molecule has 34 heavy (non-hydrogen) atoms. The third-order valence-electron chi connectivity index (χ3n) is 5.59. The fourth-order valence-corrected chi connectivity index (χ4v) is 3.71. The van der Waals surface area contributed by atoms with Crippen molar-refractivity contribution in [3.05, 3.63) is 59.7 Å². The second-order valence-electron chi connectivity index (χ2n) is 8.47. The Bertz CT molecular complexity index is 770. The zero-order valence-electron chi connectivity index (χ0n) is 21.0. The zero-order chi connectivity index (χ0) is 24.9. The molecule has 0 aliphatic heterocycles. The molecule has 0 fully saturated rings. The van der Waals surface area contributed by atoms with Crippen molar-refractivity contribution in [2.24, 2.45) is 0 Å². The summed E-state index contributed by atoms with van der Waals surface area (Å²) in [5.41, 5.74) is 1.03. The van der Waals surface area contributed by atoms with Crippen LogP contribution in [0, 0.1) is 0 Å². The van der Waals surface area contributed by atoms with E-state index < -0.39 is 11.9 Å². The standard InChI is InChI=1S/C24H38O4.C4H4N2/c1-3-5-7-9-11-13-16-20-17-15-18-21(22(20)23(25)26)24(27)28-19-14-12-10-8-6-4-2;1-2-5-4-6-3-1/h15,17-18H,3-14,16,19H2,1-2H3,(H,25,26);1-4H. The average molecular weight is 471 g/mol. The maximum atomic E-state index is 12.4. The number of carboxylic acid groups (broad SMARTS) is 1. The molecule has 0 unspecified atom stereocenters. The number of carbonyl (C=O) groups excluding carboxylic acids is 1. The second kappa shape index (κ2) is 19.7. The number of carboxylic acids is 1. The number of carbonyl (C=O) groups is 2. The van der Waals surface area contributed by atoms with Crippen molar-refractivity contribution in [3.8, 4) is 0 Å². The molecule has 0 atom stereocenters. The summed E-state index contributed by atoms with van der Waals surface area (Å²) in [6, 6.07) is 6.93. The van der Waals surface area contributed by atoms with Crippen molar-refractivity contribution in [3.63, 3.8) is 0 Å². The van der Waals surface area contributed by atoms with Gasteiger partial charge in [-0.1, -0.05) is 90.2 Å². The Hall–Kier alpha value is -2.76. The molecule has 0 amide bonds. The summed E-state index contributed by atoms with van der Waals surface area (Å²) in [7, 11) is 0. The predicted molar refractivity (Wildman–Crippen MR) is 136 cm³/mol. The van der Waals surface area contributed by atoms with Crippen molar-refractivity contribution in [1.29, 1.82) is 0 Å². The van der Waals surface area contributed by atoms with Gasteiger partial charge in [0, 0.05) is 12.4 Å². The van der Waals surface area contributed by atoms with Crippen LogP contribution in [0.2, 0.25) is 0 Å². The number of unbranched alkanes of at least 4 members (excludes halogenated alkanes) is 10. The lowest BCUT2D eigenvalue weighted by atomic mass is 9.96. The van der Waals surface area contributed by atoms with Gasteiger partial charge in [0.05, 0.1) is 17.7 Å². The molecule has 0 spiro atoms. The van der Waals surface area contributed by atoms with E-state index in [1.807, 2.05) is 6.07 Å². The minimum atomic E-state index is -1.05. The van der Waals surface area contributed by atoms with Gasteiger partial charge in [-0.3, -0.25) is 0 Å². The van der Waals surface area contributed by atoms with E-state index in [4.69, 9.17) is 4.74 Å². The highest BCUT2D eigenvalue weighted by molar-refractivity contribution is 6.03. The number of benzene rings is 1. The first kappa shape index (κ1) is 29.3. The third kappa shape index (κ3) is 13.1. The van der Waals surface area contributed by atoms with E-state index in [1.165, 1.54) is 51.3 Å². The number of aromatic nitrogens is 2.